The zero-order valence-electron chi connectivity index (χ0n) is 8.82. The Morgan fingerprint density at radius 2 is 1.20 bits per heavy atom. The summed E-state index contributed by atoms with van der Waals surface area (Å²) < 4.78 is 11.1. The molecule has 2 nitrogen and oxygen atoms in total. The highest BCUT2D eigenvalue weighted by atomic mass is 16.6. The molecule has 0 N–H and O–H groups in total. The van der Waals surface area contributed by atoms with Gasteiger partial charge < -0.3 is 9.47 Å². The maximum Gasteiger partial charge on any atom is 0.169 e. The van der Waals surface area contributed by atoms with Crippen LogP contribution >= 0.6 is 0 Å². The van der Waals surface area contributed by atoms with Crippen molar-refractivity contribution in [3.63, 3.8) is 0 Å². The fourth-order valence-electron chi connectivity index (χ4n) is 1.13. The van der Waals surface area contributed by atoms with E-state index in [1.54, 1.807) is 24.3 Å². The Morgan fingerprint density at radius 1 is 0.800 bits per heavy atom. The molecule has 0 amide bonds. The van der Waals surface area contributed by atoms with Crippen LogP contribution in [-0.2, 0) is 9.47 Å². The molecule has 0 bridgehead atoms. The maximum absolute atomic E-state index is 5.57. The lowest BCUT2D eigenvalue weighted by molar-refractivity contribution is 0.209. The summed E-state index contributed by atoms with van der Waals surface area (Å²) >= 11 is 0. The van der Waals surface area contributed by atoms with Gasteiger partial charge in [-0.3, -0.25) is 0 Å². The molecule has 0 radical (unpaired) electrons. The molecule has 1 aliphatic heterocycles. The fraction of sp³-hybridized carbons (Fsp3) is 0.0769. The highest BCUT2D eigenvalue weighted by Gasteiger charge is 2.17. The van der Waals surface area contributed by atoms with Crippen molar-refractivity contribution in [1.82, 2.24) is 0 Å². The molecule has 0 aromatic carbocycles. The van der Waals surface area contributed by atoms with Gasteiger partial charge in [0.15, 0.2) is 23.0 Å². The van der Waals surface area contributed by atoms with Gasteiger partial charge >= 0.3 is 0 Å². The van der Waals surface area contributed by atoms with Gasteiger partial charge in [0.25, 0.3) is 0 Å². The van der Waals surface area contributed by atoms with Gasteiger partial charge in [-0.15, -0.1) is 0 Å². The Bertz CT molecular complexity index is 381. The van der Waals surface area contributed by atoms with Crippen molar-refractivity contribution >= 4 is 0 Å². The second kappa shape index (κ2) is 5.05. The monoisotopic (exact) mass is 202 g/mol. The molecule has 0 saturated heterocycles. The van der Waals surface area contributed by atoms with Gasteiger partial charge in [0.2, 0.25) is 0 Å². The third-order valence-electron chi connectivity index (χ3n) is 1.80. The lowest BCUT2D eigenvalue weighted by Gasteiger charge is -2.20. The molecule has 1 heterocycles. The molecule has 0 aliphatic carbocycles. The molecule has 0 aromatic rings. The summed E-state index contributed by atoms with van der Waals surface area (Å²) in [6.07, 6.45) is 8.42. The van der Waals surface area contributed by atoms with Crippen LogP contribution in [0, 0.1) is 0 Å². The summed E-state index contributed by atoms with van der Waals surface area (Å²) in [6, 6.07) is 0. The van der Waals surface area contributed by atoms with E-state index in [4.69, 9.17) is 9.47 Å². The SMILES string of the molecule is C=CC1=C(C=C)OC(/C=C\C)=C(C=C)O1. The molecule has 0 saturated carbocycles. The van der Waals surface area contributed by atoms with Gasteiger partial charge in [0.1, 0.15) is 0 Å². The maximum atomic E-state index is 5.57. The molecule has 0 fully saturated rings. The molecule has 0 spiro atoms. The van der Waals surface area contributed by atoms with E-state index in [-0.39, 0.29) is 0 Å². The van der Waals surface area contributed by atoms with E-state index in [1.807, 2.05) is 13.0 Å². The zero-order chi connectivity index (χ0) is 11.3. The van der Waals surface area contributed by atoms with Crippen molar-refractivity contribution < 1.29 is 9.47 Å². The minimum atomic E-state index is 0.549. The quantitative estimate of drug-likeness (QED) is 0.693. The number of rotatable bonds is 4. The average molecular weight is 202 g/mol. The first-order valence-electron chi connectivity index (χ1n) is 4.61. The predicted octanol–water partition coefficient (Wildman–Crippen LogP) is 3.59. The van der Waals surface area contributed by atoms with E-state index in [1.165, 1.54) is 0 Å². The predicted molar refractivity (Wildman–Crippen MR) is 61.6 cm³/mol. The molecule has 0 aromatic heterocycles. The van der Waals surface area contributed by atoms with Gasteiger partial charge in [0, 0.05) is 0 Å². The van der Waals surface area contributed by atoms with Gasteiger partial charge in [-0.2, -0.15) is 0 Å². The normalized spacial score (nSPS) is 16.1. The van der Waals surface area contributed by atoms with Crippen molar-refractivity contribution in [2.45, 2.75) is 6.92 Å². The summed E-state index contributed by atoms with van der Waals surface area (Å²) in [5, 5.41) is 0. The number of hydrogen-bond acceptors (Lipinski definition) is 2. The Hall–Kier alpha value is -1.96. The molecular formula is C13H14O2. The van der Waals surface area contributed by atoms with Gasteiger partial charge in [0.05, 0.1) is 0 Å². The second-order valence-electron chi connectivity index (χ2n) is 2.77. The van der Waals surface area contributed by atoms with Gasteiger partial charge in [-0.05, 0) is 31.2 Å². The standard InChI is InChI=1S/C13H14O2/c1-5-9-13-12(8-4)14-10(6-2)11(7-3)15-13/h5-9H,2-4H2,1H3/b9-5-. The third-order valence-corrected chi connectivity index (χ3v) is 1.80. The average Bonchev–Trinajstić information content (AvgIpc) is 2.28. The van der Waals surface area contributed by atoms with Crippen LogP contribution in [0.25, 0.3) is 0 Å². The van der Waals surface area contributed by atoms with Gasteiger partial charge in [-0.1, -0.05) is 25.8 Å². The summed E-state index contributed by atoms with van der Waals surface area (Å²) in [5.41, 5.74) is 0. The lowest BCUT2D eigenvalue weighted by atomic mass is 10.3. The first-order chi connectivity index (χ1) is 7.26. The molecule has 1 aliphatic rings. The van der Waals surface area contributed by atoms with Gasteiger partial charge in [-0.25, -0.2) is 0 Å². The Balaban J connectivity index is 3.09. The Morgan fingerprint density at radius 3 is 1.60 bits per heavy atom. The summed E-state index contributed by atoms with van der Waals surface area (Å²) in [5.74, 6) is 2.30. The number of ether oxygens (including phenoxy) is 2. The zero-order valence-corrected chi connectivity index (χ0v) is 8.82. The number of allylic oxidation sites excluding steroid dienone is 5. The van der Waals surface area contributed by atoms with Crippen molar-refractivity contribution in [3.8, 4) is 0 Å². The van der Waals surface area contributed by atoms with Crippen molar-refractivity contribution in [2.24, 2.45) is 0 Å². The highest BCUT2D eigenvalue weighted by molar-refractivity contribution is 5.35. The highest BCUT2D eigenvalue weighted by Crippen LogP contribution is 2.27. The molecule has 1 rings (SSSR count). The summed E-state index contributed by atoms with van der Waals surface area (Å²) in [7, 11) is 0. The molecule has 78 valence electrons. The van der Waals surface area contributed by atoms with Crippen LogP contribution in [-0.4, -0.2) is 0 Å². The van der Waals surface area contributed by atoms with E-state index in [9.17, 15) is 0 Å². The van der Waals surface area contributed by atoms with Crippen molar-refractivity contribution in [2.75, 3.05) is 0 Å². The Kier molecular flexibility index (Phi) is 3.75. The first kappa shape index (κ1) is 11.1. The Labute approximate surface area is 90.2 Å². The lowest BCUT2D eigenvalue weighted by Crippen LogP contribution is -2.06. The van der Waals surface area contributed by atoms with E-state index in [0.29, 0.717) is 23.0 Å². The minimum absolute atomic E-state index is 0.549. The third kappa shape index (κ3) is 2.29. The smallest absolute Gasteiger partial charge is 0.169 e. The molecule has 0 atom stereocenters. The topological polar surface area (TPSA) is 18.5 Å². The van der Waals surface area contributed by atoms with Crippen LogP contribution in [0.2, 0.25) is 0 Å². The van der Waals surface area contributed by atoms with Crippen LogP contribution in [0.15, 0.2) is 73.2 Å². The van der Waals surface area contributed by atoms with Crippen LogP contribution in [0.5, 0.6) is 0 Å². The second-order valence-corrected chi connectivity index (χ2v) is 2.77. The van der Waals surface area contributed by atoms with E-state index < -0.39 is 0 Å². The van der Waals surface area contributed by atoms with E-state index >= 15 is 0 Å². The van der Waals surface area contributed by atoms with Crippen molar-refractivity contribution in [3.05, 3.63) is 73.2 Å². The molecule has 15 heavy (non-hydrogen) atoms. The van der Waals surface area contributed by atoms with E-state index in [2.05, 4.69) is 19.7 Å². The molecular weight excluding hydrogens is 188 g/mol. The largest absolute Gasteiger partial charge is 0.450 e. The fourth-order valence-corrected chi connectivity index (χ4v) is 1.13. The first-order valence-corrected chi connectivity index (χ1v) is 4.61. The van der Waals surface area contributed by atoms with E-state index in [0.717, 1.165) is 0 Å². The summed E-state index contributed by atoms with van der Waals surface area (Å²) in [4.78, 5) is 0. The number of hydrogen-bond donors (Lipinski definition) is 0. The summed E-state index contributed by atoms with van der Waals surface area (Å²) in [6.45, 7) is 12.8. The van der Waals surface area contributed by atoms with Crippen LogP contribution in [0.1, 0.15) is 6.92 Å². The van der Waals surface area contributed by atoms with Crippen LogP contribution in [0.3, 0.4) is 0 Å². The molecule has 0 unspecified atom stereocenters. The van der Waals surface area contributed by atoms with Crippen molar-refractivity contribution in [1.29, 1.82) is 0 Å². The van der Waals surface area contributed by atoms with Crippen LogP contribution in [0.4, 0.5) is 0 Å². The minimum Gasteiger partial charge on any atom is -0.450 e. The van der Waals surface area contributed by atoms with Crippen LogP contribution < -0.4 is 0 Å². The molecule has 2 heteroatoms.